The number of aliphatic carboxylic acids is 1. The van der Waals surface area contributed by atoms with Crippen LogP contribution in [0.15, 0.2) is 24.3 Å². The molecule has 0 aliphatic heterocycles. The number of hydrogen-bond donors (Lipinski definition) is 2. The summed E-state index contributed by atoms with van der Waals surface area (Å²) in [5, 5.41) is 18.9. The van der Waals surface area contributed by atoms with E-state index in [1.54, 1.807) is 0 Å². The molecule has 2 N–H and O–H groups in total. The first kappa shape index (κ1) is 12.9. The molecule has 1 atom stereocenters. The number of carboxylic acid groups (broad SMARTS) is 1. The summed E-state index contributed by atoms with van der Waals surface area (Å²) in [4.78, 5) is 11.0. The summed E-state index contributed by atoms with van der Waals surface area (Å²) < 4.78 is 37.0. The van der Waals surface area contributed by atoms with E-state index < -0.39 is 29.2 Å². The SMILES string of the molecule is O=C(O)C1(C(O)c2ccc(C(F)(F)F)cc2)CC1. The number of aliphatic hydroxyl groups excluding tert-OH is 1. The summed E-state index contributed by atoms with van der Waals surface area (Å²) >= 11 is 0. The van der Waals surface area contributed by atoms with Gasteiger partial charge in [0.2, 0.25) is 0 Å². The van der Waals surface area contributed by atoms with Crippen molar-refractivity contribution in [1.29, 1.82) is 0 Å². The molecule has 2 rings (SSSR count). The molecule has 1 aromatic carbocycles. The summed E-state index contributed by atoms with van der Waals surface area (Å²) in [7, 11) is 0. The standard InChI is InChI=1S/C12H11F3O3/c13-12(14,15)8-3-1-7(2-4-8)9(16)11(5-6-11)10(17)18/h1-4,9,16H,5-6H2,(H,17,18). The average molecular weight is 260 g/mol. The van der Waals surface area contributed by atoms with Gasteiger partial charge in [0, 0.05) is 0 Å². The van der Waals surface area contributed by atoms with Crippen molar-refractivity contribution in [2.24, 2.45) is 5.41 Å². The third-order valence-corrected chi connectivity index (χ3v) is 3.29. The van der Waals surface area contributed by atoms with Gasteiger partial charge in [0.1, 0.15) is 0 Å². The van der Waals surface area contributed by atoms with Crippen molar-refractivity contribution in [1.82, 2.24) is 0 Å². The highest BCUT2D eigenvalue weighted by Crippen LogP contribution is 2.55. The first-order valence-electron chi connectivity index (χ1n) is 5.36. The molecule has 0 amide bonds. The van der Waals surface area contributed by atoms with Crippen molar-refractivity contribution < 1.29 is 28.2 Å². The molecule has 0 bridgehead atoms. The lowest BCUT2D eigenvalue weighted by atomic mass is 9.92. The predicted molar refractivity (Wildman–Crippen MR) is 55.7 cm³/mol. The average Bonchev–Trinajstić information content (AvgIpc) is 3.08. The fraction of sp³-hybridized carbons (Fsp3) is 0.417. The normalized spacial score (nSPS) is 19.3. The van der Waals surface area contributed by atoms with Gasteiger partial charge in [-0.25, -0.2) is 0 Å². The summed E-state index contributed by atoms with van der Waals surface area (Å²) in [5.74, 6) is -1.12. The second-order valence-corrected chi connectivity index (χ2v) is 4.48. The molecule has 98 valence electrons. The van der Waals surface area contributed by atoms with Crippen molar-refractivity contribution in [3.8, 4) is 0 Å². The van der Waals surface area contributed by atoms with Gasteiger partial charge in [0.05, 0.1) is 17.1 Å². The molecule has 0 heterocycles. The Balaban J connectivity index is 2.23. The lowest BCUT2D eigenvalue weighted by Gasteiger charge is -2.18. The Morgan fingerprint density at radius 2 is 1.72 bits per heavy atom. The highest BCUT2D eigenvalue weighted by atomic mass is 19.4. The maximum absolute atomic E-state index is 12.3. The van der Waals surface area contributed by atoms with Crippen LogP contribution in [0.1, 0.15) is 30.1 Å². The monoisotopic (exact) mass is 260 g/mol. The minimum Gasteiger partial charge on any atom is -0.481 e. The molecule has 18 heavy (non-hydrogen) atoms. The van der Waals surface area contributed by atoms with E-state index in [-0.39, 0.29) is 5.56 Å². The van der Waals surface area contributed by atoms with E-state index in [0.29, 0.717) is 12.8 Å². The number of halogens is 3. The molecule has 0 saturated heterocycles. The Morgan fingerprint density at radius 1 is 1.22 bits per heavy atom. The third kappa shape index (κ3) is 2.08. The van der Waals surface area contributed by atoms with Crippen LogP contribution in [0.5, 0.6) is 0 Å². The van der Waals surface area contributed by atoms with Gasteiger partial charge < -0.3 is 10.2 Å². The Kier molecular flexibility index (Phi) is 2.85. The van der Waals surface area contributed by atoms with Gasteiger partial charge in [-0.3, -0.25) is 4.79 Å². The molecular weight excluding hydrogens is 249 g/mol. The van der Waals surface area contributed by atoms with E-state index >= 15 is 0 Å². The quantitative estimate of drug-likeness (QED) is 0.878. The molecule has 0 aromatic heterocycles. The molecule has 0 radical (unpaired) electrons. The van der Waals surface area contributed by atoms with E-state index in [1.807, 2.05) is 0 Å². The van der Waals surface area contributed by atoms with Crippen molar-refractivity contribution in [2.75, 3.05) is 0 Å². The third-order valence-electron chi connectivity index (χ3n) is 3.29. The number of carboxylic acids is 1. The highest BCUT2D eigenvalue weighted by Gasteiger charge is 2.56. The van der Waals surface area contributed by atoms with Crippen LogP contribution in [0.3, 0.4) is 0 Å². The predicted octanol–water partition coefficient (Wildman–Crippen LogP) is 2.60. The largest absolute Gasteiger partial charge is 0.481 e. The zero-order chi connectivity index (χ0) is 13.6. The van der Waals surface area contributed by atoms with Crippen molar-refractivity contribution >= 4 is 5.97 Å². The maximum Gasteiger partial charge on any atom is 0.416 e. The maximum atomic E-state index is 12.3. The van der Waals surface area contributed by atoms with Crippen LogP contribution in [0.2, 0.25) is 0 Å². The number of alkyl halides is 3. The fourth-order valence-corrected chi connectivity index (χ4v) is 1.91. The van der Waals surface area contributed by atoms with Gasteiger partial charge in [0.25, 0.3) is 0 Å². The van der Waals surface area contributed by atoms with Crippen LogP contribution in [-0.4, -0.2) is 16.2 Å². The first-order valence-corrected chi connectivity index (χ1v) is 5.36. The molecule has 1 unspecified atom stereocenters. The lowest BCUT2D eigenvalue weighted by Crippen LogP contribution is -2.23. The zero-order valence-corrected chi connectivity index (χ0v) is 9.24. The van der Waals surface area contributed by atoms with E-state index in [2.05, 4.69) is 0 Å². The van der Waals surface area contributed by atoms with Crippen LogP contribution < -0.4 is 0 Å². The van der Waals surface area contributed by atoms with E-state index in [1.165, 1.54) is 0 Å². The van der Waals surface area contributed by atoms with E-state index in [0.717, 1.165) is 24.3 Å². The van der Waals surface area contributed by atoms with Crippen molar-refractivity contribution in [2.45, 2.75) is 25.1 Å². The van der Waals surface area contributed by atoms with Crippen LogP contribution in [-0.2, 0) is 11.0 Å². The van der Waals surface area contributed by atoms with Gasteiger partial charge >= 0.3 is 12.1 Å². The Hall–Kier alpha value is -1.56. The minimum absolute atomic E-state index is 0.197. The number of benzene rings is 1. The zero-order valence-electron chi connectivity index (χ0n) is 9.24. The molecule has 1 aliphatic rings. The topological polar surface area (TPSA) is 57.5 Å². The van der Waals surface area contributed by atoms with Gasteiger partial charge in [-0.15, -0.1) is 0 Å². The molecule has 1 saturated carbocycles. The van der Waals surface area contributed by atoms with Crippen LogP contribution in [0.4, 0.5) is 13.2 Å². The number of rotatable bonds is 3. The lowest BCUT2D eigenvalue weighted by molar-refractivity contribution is -0.148. The summed E-state index contributed by atoms with van der Waals surface area (Å²) in [6.45, 7) is 0. The number of hydrogen-bond acceptors (Lipinski definition) is 2. The molecule has 1 aliphatic carbocycles. The van der Waals surface area contributed by atoms with E-state index in [9.17, 15) is 23.1 Å². The van der Waals surface area contributed by atoms with Crippen LogP contribution in [0, 0.1) is 5.41 Å². The minimum atomic E-state index is -4.44. The van der Waals surface area contributed by atoms with E-state index in [4.69, 9.17) is 5.11 Å². The van der Waals surface area contributed by atoms with Crippen molar-refractivity contribution in [3.63, 3.8) is 0 Å². The molecule has 1 aromatic rings. The number of carbonyl (C=O) groups is 1. The Labute approximate surface area is 101 Å². The first-order chi connectivity index (χ1) is 8.27. The second kappa shape index (κ2) is 3.98. The van der Waals surface area contributed by atoms with Crippen molar-refractivity contribution in [3.05, 3.63) is 35.4 Å². The molecule has 1 fully saturated rings. The summed E-state index contributed by atoms with van der Waals surface area (Å²) in [6, 6.07) is 3.93. The number of aliphatic hydroxyl groups is 1. The van der Waals surface area contributed by atoms with Crippen LogP contribution in [0.25, 0.3) is 0 Å². The summed E-state index contributed by atoms with van der Waals surface area (Å²) in [6.07, 6.45) is -5.03. The smallest absolute Gasteiger partial charge is 0.416 e. The molecule has 3 nitrogen and oxygen atoms in total. The fourth-order valence-electron chi connectivity index (χ4n) is 1.91. The Bertz CT molecular complexity index is 460. The molecule has 0 spiro atoms. The Morgan fingerprint density at radius 3 is 2.06 bits per heavy atom. The van der Waals surface area contributed by atoms with Gasteiger partial charge in [-0.1, -0.05) is 12.1 Å². The van der Waals surface area contributed by atoms with Crippen LogP contribution >= 0.6 is 0 Å². The second-order valence-electron chi connectivity index (χ2n) is 4.48. The highest BCUT2D eigenvalue weighted by molar-refractivity contribution is 5.79. The molecular formula is C12H11F3O3. The summed E-state index contributed by atoms with van der Waals surface area (Å²) in [5.41, 5.74) is -1.85. The van der Waals surface area contributed by atoms with Gasteiger partial charge in [-0.05, 0) is 30.5 Å². The van der Waals surface area contributed by atoms with Gasteiger partial charge in [-0.2, -0.15) is 13.2 Å². The molecule has 6 heteroatoms. The van der Waals surface area contributed by atoms with Gasteiger partial charge in [0.15, 0.2) is 0 Å².